The molecule has 108 valence electrons. The molecule has 1 atom stereocenters. The lowest BCUT2D eigenvalue weighted by atomic mass is 9.89. The Hall–Kier alpha value is -0.380. The maximum absolute atomic E-state index is 6.27. The summed E-state index contributed by atoms with van der Waals surface area (Å²) in [6.07, 6.45) is 6.16. The Morgan fingerprint density at radius 1 is 1.37 bits per heavy atom. The third-order valence-electron chi connectivity index (χ3n) is 4.17. The average Bonchev–Trinajstić information content (AvgIpc) is 3.02. The zero-order chi connectivity index (χ0) is 13.7. The molecule has 2 rings (SSSR count). The van der Waals surface area contributed by atoms with Gasteiger partial charge in [-0.15, -0.1) is 11.3 Å². The van der Waals surface area contributed by atoms with Crippen molar-refractivity contribution in [2.24, 2.45) is 0 Å². The molecule has 0 amide bonds. The highest BCUT2D eigenvalue weighted by atomic mass is 32.1. The van der Waals surface area contributed by atoms with E-state index in [0.29, 0.717) is 6.04 Å². The maximum Gasteiger partial charge on any atom is 0.0884 e. The minimum atomic E-state index is 0.0273. The lowest BCUT2D eigenvalue weighted by Crippen LogP contribution is -2.44. The molecule has 2 nitrogen and oxygen atoms in total. The predicted octanol–water partition coefficient (Wildman–Crippen LogP) is 4.45. The van der Waals surface area contributed by atoms with Crippen LogP contribution in [0.4, 0.5) is 0 Å². The molecule has 0 bridgehead atoms. The first-order valence-electron chi connectivity index (χ1n) is 7.65. The zero-order valence-electron chi connectivity index (χ0n) is 12.5. The van der Waals surface area contributed by atoms with Crippen LogP contribution in [0.3, 0.4) is 0 Å². The van der Waals surface area contributed by atoms with Crippen molar-refractivity contribution >= 4 is 11.3 Å². The smallest absolute Gasteiger partial charge is 0.0884 e. The van der Waals surface area contributed by atoms with Crippen LogP contribution in [0.1, 0.15) is 62.4 Å². The van der Waals surface area contributed by atoms with Gasteiger partial charge in [-0.25, -0.2) is 0 Å². The van der Waals surface area contributed by atoms with Crippen molar-refractivity contribution in [2.45, 2.75) is 64.5 Å². The molecule has 1 fully saturated rings. The fourth-order valence-corrected chi connectivity index (χ4v) is 4.37. The van der Waals surface area contributed by atoms with Gasteiger partial charge >= 0.3 is 0 Å². The van der Waals surface area contributed by atoms with E-state index < -0.39 is 0 Å². The molecule has 1 saturated carbocycles. The van der Waals surface area contributed by atoms with Gasteiger partial charge in [-0.3, -0.25) is 0 Å². The topological polar surface area (TPSA) is 21.3 Å². The van der Waals surface area contributed by atoms with Crippen LogP contribution < -0.4 is 5.32 Å². The van der Waals surface area contributed by atoms with Crippen LogP contribution >= 0.6 is 11.3 Å². The number of rotatable bonds is 7. The second kappa shape index (κ2) is 6.87. The Labute approximate surface area is 121 Å². The van der Waals surface area contributed by atoms with Gasteiger partial charge in [0, 0.05) is 11.5 Å². The first-order valence-corrected chi connectivity index (χ1v) is 8.53. The molecule has 3 heteroatoms. The van der Waals surface area contributed by atoms with E-state index in [2.05, 4.69) is 37.5 Å². The number of hydrogen-bond donors (Lipinski definition) is 1. The summed E-state index contributed by atoms with van der Waals surface area (Å²) in [5.41, 5.74) is 1.43. The summed E-state index contributed by atoms with van der Waals surface area (Å²) < 4.78 is 6.27. The summed E-state index contributed by atoms with van der Waals surface area (Å²) in [6, 6.07) is 2.60. The number of ether oxygens (including phenoxy) is 1. The van der Waals surface area contributed by atoms with Gasteiger partial charge in [0.25, 0.3) is 0 Å². The Balaban J connectivity index is 2.27. The molecule has 1 heterocycles. The summed E-state index contributed by atoms with van der Waals surface area (Å²) in [4.78, 5) is 1.48. The lowest BCUT2D eigenvalue weighted by Gasteiger charge is -2.38. The quantitative estimate of drug-likeness (QED) is 0.797. The maximum atomic E-state index is 6.27. The van der Waals surface area contributed by atoms with E-state index in [-0.39, 0.29) is 5.60 Å². The first-order chi connectivity index (χ1) is 9.23. The summed E-state index contributed by atoms with van der Waals surface area (Å²) in [5, 5.41) is 5.97. The second-order valence-corrected chi connectivity index (χ2v) is 6.51. The van der Waals surface area contributed by atoms with E-state index in [1.165, 1.54) is 42.5 Å². The molecule has 0 radical (unpaired) electrons. The minimum absolute atomic E-state index is 0.0273. The van der Waals surface area contributed by atoms with Gasteiger partial charge in [0.05, 0.1) is 11.6 Å². The van der Waals surface area contributed by atoms with Crippen LogP contribution in [0, 0.1) is 6.92 Å². The molecule has 0 saturated heterocycles. The molecular weight excluding hydrogens is 254 g/mol. The Kier molecular flexibility index (Phi) is 5.43. The fraction of sp³-hybridized carbons (Fsp3) is 0.750. The molecule has 1 aromatic heterocycles. The van der Waals surface area contributed by atoms with Crippen molar-refractivity contribution in [1.82, 2.24) is 5.32 Å². The summed E-state index contributed by atoms with van der Waals surface area (Å²) >= 11 is 1.88. The van der Waals surface area contributed by atoms with E-state index >= 15 is 0 Å². The van der Waals surface area contributed by atoms with Gasteiger partial charge in [0.2, 0.25) is 0 Å². The normalized spacial score (nSPS) is 19.7. The second-order valence-electron chi connectivity index (χ2n) is 5.56. The van der Waals surface area contributed by atoms with E-state index in [0.717, 1.165) is 13.2 Å². The standard InChI is InChI=1S/C16H27NOS/c1-4-11-17-15(14-13(3)8-12-19-14)16(18-5-2)9-6-7-10-16/h8,12,15,17H,4-7,9-11H2,1-3H3. The third-order valence-corrected chi connectivity index (χ3v) is 5.25. The van der Waals surface area contributed by atoms with Crippen molar-refractivity contribution in [3.05, 3.63) is 21.9 Å². The van der Waals surface area contributed by atoms with E-state index in [1.807, 2.05) is 11.3 Å². The molecular formula is C16H27NOS. The van der Waals surface area contributed by atoms with Gasteiger partial charge in [0.15, 0.2) is 0 Å². The SMILES string of the molecule is CCCNC(c1sccc1C)C1(OCC)CCCC1. The van der Waals surface area contributed by atoms with Gasteiger partial charge < -0.3 is 10.1 Å². The van der Waals surface area contributed by atoms with Crippen molar-refractivity contribution in [3.63, 3.8) is 0 Å². The predicted molar refractivity (Wildman–Crippen MR) is 82.9 cm³/mol. The van der Waals surface area contributed by atoms with Gasteiger partial charge in [-0.2, -0.15) is 0 Å². The number of hydrogen-bond acceptors (Lipinski definition) is 3. The summed E-state index contributed by atoms with van der Waals surface area (Å²) in [7, 11) is 0. The monoisotopic (exact) mass is 281 g/mol. The zero-order valence-corrected chi connectivity index (χ0v) is 13.3. The Bertz CT molecular complexity index is 382. The van der Waals surface area contributed by atoms with Crippen LogP contribution in [0.25, 0.3) is 0 Å². The van der Waals surface area contributed by atoms with E-state index in [4.69, 9.17) is 4.74 Å². The molecule has 19 heavy (non-hydrogen) atoms. The number of aryl methyl sites for hydroxylation is 1. The summed E-state index contributed by atoms with van der Waals surface area (Å²) in [5.74, 6) is 0. The van der Waals surface area contributed by atoms with Crippen LogP contribution in [-0.2, 0) is 4.74 Å². The minimum Gasteiger partial charge on any atom is -0.373 e. The molecule has 1 unspecified atom stereocenters. The van der Waals surface area contributed by atoms with Crippen LogP contribution in [0.5, 0.6) is 0 Å². The third kappa shape index (κ3) is 3.21. The fourth-order valence-electron chi connectivity index (χ4n) is 3.26. The first kappa shape index (κ1) is 15.0. The van der Waals surface area contributed by atoms with Crippen LogP contribution in [0.15, 0.2) is 11.4 Å². The molecule has 1 aliphatic rings. The van der Waals surface area contributed by atoms with Crippen molar-refractivity contribution in [2.75, 3.05) is 13.2 Å². The molecule has 0 aromatic carbocycles. The molecule has 1 aromatic rings. The van der Waals surface area contributed by atoms with Crippen molar-refractivity contribution in [3.8, 4) is 0 Å². The highest BCUT2D eigenvalue weighted by Crippen LogP contribution is 2.45. The Morgan fingerprint density at radius 3 is 2.63 bits per heavy atom. The highest BCUT2D eigenvalue weighted by molar-refractivity contribution is 7.10. The van der Waals surface area contributed by atoms with Crippen LogP contribution in [-0.4, -0.2) is 18.8 Å². The lowest BCUT2D eigenvalue weighted by molar-refractivity contribution is -0.0619. The van der Waals surface area contributed by atoms with Crippen molar-refractivity contribution < 1.29 is 4.74 Å². The highest BCUT2D eigenvalue weighted by Gasteiger charge is 2.43. The van der Waals surface area contributed by atoms with E-state index in [1.54, 1.807) is 0 Å². The van der Waals surface area contributed by atoms with E-state index in [9.17, 15) is 0 Å². The largest absolute Gasteiger partial charge is 0.373 e. The molecule has 0 aliphatic heterocycles. The van der Waals surface area contributed by atoms with Gasteiger partial charge in [-0.1, -0.05) is 19.8 Å². The van der Waals surface area contributed by atoms with Crippen LogP contribution in [0.2, 0.25) is 0 Å². The number of thiophene rings is 1. The average molecular weight is 281 g/mol. The number of nitrogens with one attached hydrogen (secondary N) is 1. The molecule has 0 spiro atoms. The Morgan fingerprint density at radius 2 is 2.11 bits per heavy atom. The van der Waals surface area contributed by atoms with Crippen molar-refractivity contribution in [1.29, 1.82) is 0 Å². The molecule has 1 N–H and O–H groups in total. The summed E-state index contributed by atoms with van der Waals surface area (Å²) in [6.45, 7) is 8.46. The van der Waals surface area contributed by atoms with Gasteiger partial charge in [0.1, 0.15) is 0 Å². The molecule has 1 aliphatic carbocycles. The van der Waals surface area contributed by atoms with Gasteiger partial charge in [-0.05, 0) is 56.7 Å².